The molecule has 7 heteroatoms. The predicted molar refractivity (Wildman–Crippen MR) is 85.8 cm³/mol. The Labute approximate surface area is 138 Å². The molecule has 0 atom stereocenters. The van der Waals surface area contributed by atoms with Gasteiger partial charge in [0, 0.05) is 11.1 Å². The largest absolute Gasteiger partial charge is 0.444 e. The van der Waals surface area contributed by atoms with Crippen LogP contribution < -0.4 is 5.32 Å². The van der Waals surface area contributed by atoms with Gasteiger partial charge in [0.1, 0.15) is 22.8 Å². The van der Waals surface area contributed by atoms with Crippen LogP contribution in [-0.2, 0) is 11.3 Å². The molecular formula is C17H17N3O4. The lowest BCUT2D eigenvalue weighted by Crippen LogP contribution is -2.32. The normalized spacial score (nSPS) is 13.3. The number of nitrogens with one attached hydrogen (secondary N) is 2. The minimum absolute atomic E-state index is 0.0611. The Hall–Kier alpha value is -2.96. The van der Waals surface area contributed by atoms with E-state index in [0.29, 0.717) is 22.6 Å². The fourth-order valence-corrected chi connectivity index (χ4v) is 2.46. The Morgan fingerprint density at radius 2 is 1.83 bits per heavy atom. The highest BCUT2D eigenvalue weighted by Crippen LogP contribution is 2.31. The van der Waals surface area contributed by atoms with Crippen LogP contribution >= 0.6 is 0 Å². The molecule has 2 aromatic rings. The molecular weight excluding hydrogens is 310 g/mol. The standard InChI is InChI=1S/C17H17N3O4/c1-17(2,3)24-16(23)18-8-11-19-12-9-6-4-5-7-10(9)14(21)15(22)13(12)20-11/h4-7H,8H2,1-3H3,(H,18,23)(H,19,20). The summed E-state index contributed by atoms with van der Waals surface area (Å²) >= 11 is 0. The van der Waals surface area contributed by atoms with Crippen molar-refractivity contribution in [3.05, 3.63) is 41.3 Å². The molecule has 1 aromatic heterocycles. The summed E-state index contributed by atoms with van der Waals surface area (Å²) in [5, 5.41) is 2.56. The lowest BCUT2D eigenvalue weighted by Gasteiger charge is -2.19. The Bertz CT molecular complexity index is 846. The number of amides is 1. The molecule has 1 heterocycles. The maximum atomic E-state index is 12.2. The van der Waals surface area contributed by atoms with Gasteiger partial charge in [-0.2, -0.15) is 0 Å². The number of benzene rings is 1. The molecule has 2 N–H and O–H groups in total. The maximum absolute atomic E-state index is 12.2. The van der Waals surface area contributed by atoms with E-state index in [9.17, 15) is 14.4 Å². The van der Waals surface area contributed by atoms with E-state index in [4.69, 9.17) is 4.74 Å². The first-order valence-corrected chi connectivity index (χ1v) is 7.50. The number of hydrogen-bond donors (Lipinski definition) is 2. The molecule has 0 saturated carbocycles. The molecule has 0 spiro atoms. The molecule has 0 unspecified atom stereocenters. The number of carbonyl (C=O) groups is 3. The summed E-state index contributed by atoms with van der Waals surface area (Å²) in [5.41, 5.74) is 0.925. The van der Waals surface area contributed by atoms with Crippen molar-refractivity contribution in [3.8, 4) is 11.3 Å². The smallest absolute Gasteiger partial charge is 0.408 e. The molecule has 0 aliphatic heterocycles. The molecule has 1 amide bonds. The van der Waals surface area contributed by atoms with Gasteiger partial charge in [0.05, 0.1) is 6.54 Å². The van der Waals surface area contributed by atoms with Crippen LogP contribution in [0.1, 0.15) is 47.4 Å². The molecule has 0 saturated heterocycles. The van der Waals surface area contributed by atoms with Gasteiger partial charge in [-0.05, 0) is 20.8 Å². The minimum atomic E-state index is -0.625. The van der Waals surface area contributed by atoms with Crippen LogP contribution in [0.3, 0.4) is 0 Å². The number of H-pyrrole nitrogens is 1. The number of carbonyl (C=O) groups excluding carboxylic acids is 3. The van der Waals surface area contributed by atoms with Gasteiger partial charge in [0.25, 0.3) is 5.78 Å². The highest BCUT2D eigenvalue weighted by atomic mass is 16.6. The van der Waals surface area contributed by atoms with Crippen LogP contribution in [-0.4, -0.2) is 33.2 Å². The summed E-state index contributed by atoms with van der Waals surface area (Å²) in [6, 6.07) is 6.82. The Balaban J connectivity index is 1.84. The van der Waals surface area contributed by atoms with Crippen LogP contribution in [0.4, 0.5) is 4.79 Å². The van der Waals surface area contributed by atoms with Gasteiger partial charge in [-0.25, -0.2) is 9.78 Å². The van der Waals surface area contributed by atoms with Gasteiger partial charge in [0.15, 0.2) is 0 Å². The van der Waals surface area contributed by atoms with Gasteiger partial charge in [-0.3, -0.25) is 9.59 Å². The zero-order valence-electron chi connectivity index (χ0n) is 13.6. The monoisotopic (exact) mass is 327 g/mol. The van der Waals surface area contributed by atoms with Crippen LogP contribution in [0.2, 0.25) is 0 Å². The second kappa shape index (κ2) is 5.59. The summed E-state index contributed by atoms with van der Waals surface area (Å²) in [6.45, 7) is 5.35. The fraction of sp³-hybridized carbons (Fsp3) is 0.294. The highest BCUT2D eigenvalue weighted by Gasteiger charge is 2.33. The van der Waals surface area contributed by atoms with Gasteiger partial charge in [-0.1, -0.05) is 24.3 Å². The van der Waals surface area contributed by atoms with Crippen LogP contribution in [0, 0.1) is 0 Å². The number of hydrogen-bond acceptors (Lipinski definition) is 5. The van der Waals surface area contributed by atoms with E-state index in [0.717, 1.165) is 0 Å². The number of ketones is 2. The number of ether oxygens (including phenoxy) is 1. The number of fused-ring (bicyclic) bond motifs is 3. The third kappa shape index (κ3) is 2.92. The van der Waals surface area contributed by atoms with Crippen molar-refractivity contribution in [2.45, 2.75) is 32.9 Å². The number of nitrogens with zero attached hydrogens (tertiary/aromatic N) is 1. The van der Waals surface area contributed by atoms with Crippen molar-refractivity contribution in [2.24, 2.45) is 0 Å². The average Bonchev–Trinajstić information content (AvgIpc) is 2.93. The van der Waals surface area contributed by atoms with Crippen molar-refractivity contribution < 1.29 is 19.1 Å². The first-order valence-electron chi connectivity index (χ1n) is 7.50. The van der Waals surface area contributed by atoms with E-state index in [1.807, 2.05) is 0 Å². The van der Waals surface area contributed by atoms with E-state index in [1.54, 1.807) is 45.0 Å². The van der Waals surface area contributed by atoms with Crippen molar-refractivity contribution in [1.82, 2.24) is 15.3 Å². The van der Waals surface area contributed by atoms with Crippen LogP contribution in [0.15, 0.2) is 24.3 Å². The van der Waals surface area contributed by atoms with E-state index >= 15 is 0 Å². The first kappa shape index (κ1) is 15.9. The third-order valence-corrected chi connectivity index (χ3v) is 3.41. The van der Waals surface area contributed by atoms with E-state index in [1.165, 1.54) is 0 Å². The lowest BCUT2D eigenvalue weighted by atomic mass is 9.90. The second-order valence-electron chi connectivity index (χ2n) is 6.47. The molecule has 0 bridgehead atoms. The van der Waals surface area contributed by atoms with Crippen molar-refractivity contribution in [1.29, 1.82) is 0 Å². The highest BCUT2D eigenvalue weighted by molar-refractivity contribution is 6.52. The lowest BCUT2D eigenvalue weighted by molar-refractivity contribution is 0.0522. The number of rotatable bonds is 2. The fourth-order valence-electron chi connectivity index (χ4n) is 2.46. The molecule has 0 fully saturated rings. The van der Waals surface area contributed by atoms with Crippen LogP contribution in [0.5, 0.6) is 0 Å². The molecule has 7 nitrogen and oxygen atoms in total. The minimum Gasteiger partial charge on any atom is -0.444 e. The number of aromatic nitrogens is 2. The average molecular weight is 327 g/mol. The van der Waals surface area contributed by atoms with Gasteiger partial charge in [0.2, 0.25) is 5.78 Å². The van der Waals surface area contributed by atoms with Crippen molar-refractivity contribution in [3.63, 3.8) is 0 Å². The zero-order valence-corrected chi connectivity index (χ0v) is 13.6. The van der Waals surface area contributed by atoms with E-state index < -0.39 is 23.3 Å². The topological polar surface area (TPSA) is 101 Å². The SMILES string of the molecule is CC(C)(C)OC(=O)NCc1nc2c([nH]1)C(=O)C(=O)c1ccccc1-2. The summed E-state index contributed by atoms with van der Waals surface area (Å²) < 4.78 is 5.14. The molecule has 1 aromatic carbocycles. The number of Topliss-reactive ketones (excluding diaryl/α,β-unsaturated/α-hetero) is 2. The van der Waals surface area contributed by atoms with Gasteiger partial charge in [-0.15, -0.1) is 0 Å². The van der Waals surface area contributed by atoms with Crippen molar-refractivity contribution >= 4 is 17.7 Å². The van der Waals surface area contributed by atoms with Gasteiger partial charge < -0.3 is 15.0 Å². The molecule has 1 aliphatic carbocycles. The van der Waals surface area contributed by atoms with E-state index in [-0.39, 0.29) is 12.2 Å². The summed E-state index contributed by atoms with van der Waals surface area (Å²) in [6.07, 6.45) is -0.584. The number of imidazole rings is 1. The second-order valence-corrected chi connectivity index (χ2v) is 6.47. The van der Waals surface area contributed by atoms with Gasteiger partial charge >= 0.3 is 6.09 Å². The summed E-state index contributed by atoms with van der Waals surface area (Å²) in [5.74, 6) is -0.808. The molecule has 124 valence electrons. The zero-order chi connectivity index (χ0) is 17.5. The Morgan fingerprint density at radius 1 is 1.17 bits per heavy atom. The van der Waals surface area contributed by atoms with E-state index in [2.05, 4.69) is 15.3 Å². The first-order chi connectivity index (χ1) is 11.3. The van der Waals surface area contributed by atoms with Crippen molar-refractivity contribution in [2.75, 3.05) is 0 Å². The quantitative estimate of drug-likeness (QED) is 0.825. The van der Waals surface area contributed by atoms with Crippen LogP contribution in [0.25, 0.3) is 11.3 Å². The molecule has 1 aliphatic rings. The maximum Gasteiger partial charge on any atom is 0.408 e. The summed E-state index contributed by atoms with van der Waals surface area (Å²) in [7, 11) is 0. The molecule has 3 rings (SSSR count). The number of aromatic amines is 1. The molecule has 24 heavy (non-hydrogen) atoms. The Morgan fingerprint density at radius 3 is 2.50 bits per heavy atom. The third-order valence-electron chi connectivity index (χ3n) is 3.41. The Kier molecular flexibility index (Phi) is 3.71. The molecule has 0 radical (unpaired) electrons. The number of alkyl carbamates (subject to hydrolysis) is 1. The predicted octanol–water partition coefficient (Wildman–Crippen LogP) is 2.48. The summed E-state index contributed by atoms with van der Waals surface area (Å²) in [4.78, 5) is 43.2.